The van der Waals surface area contributed by atoms with Gasteiger partial charge in [-0.25, -0.2) is 0 Å². The van der Waals surface area contributed by atoms with Gasteiger partial charge in [-0.1, -0.05) is 11.6 Å². The number of hydrogen-bond donors (Lipinski definition) is 2. The van der Waals surface area contributed by atoms with Gasteiger partial charge in [0.2, 0.25) is 5.91 Å². The fourth-order valence-electron chi connectivity index (χ4n) is 1.37. The van der Waals surface area contributed by atoms with Crippen molar-refractivity contribution in [2.45, 2.75) is 32.2 Å². The van der Waals surface area contributed by atoms with Crippen molar-refractivity contribution in [3.8, 4) is 0 Å². The summed E-state index contributed by atoms with van der Waals surface area (Å²) in [7, 11) is 0. The molecule has 0 spiro atoms. The Balaban J connectivity index is 0.000000212. The largest absolute Gasteiger partial charge is 0.366 e. The second kappa shape index (κ2) is 5.87. The SMILES string of the molecule is Cc1cc(Cl)cc(C(N)=O)c1.[NH3+]C1CCC1. The zero-order valence-electron chi connectivity index (χ0n) is 9.50. The van der Waals surface area contributed by atoms with Crippen molar-refractivity contribution in [1.82, 2.24) is 0 Å². The summed E-state index contributed by atoms with van der Waals surface area (Å²) in [5.41, 5.74) is 10.3. The number of rotatable bonds is 1. The molecule has 0 aliphatic heterocycles. The van der Waals surface area contributed by atoms with E-state index in [4.69, 9.17) is 17.3 Å². The van der Waals surface area contributed by atoms with Crippen molar-refractivity contribution in [3.05, 3.63) is 34.3 Å². The molecule has 1 fully saturated rings. The second-order valence-electron chi connectivity index (χ2n) is 4.18. The molecule has 4 heteroatoms. The number of nitrogens with two attached hydrogens (primary N) is 1. The van der Waals surface area contributed by atoms with Crippen molar-refractivity contribution in [3.63, 3.8) is 0 Å². The number of aryl methyl sites for hydroxylation is 1. The van der Waals surface area contributed by atoms with Crippen LogP contribution in [0.2, 0.25) is 5.02 Å². The van der Waals surface area contributed by atoms with E-state index in [1.165, 1.54) is 19.3 Å². The van der Waals surface area contributed by atoms with E-state index >= 15 is 0 Å². The topological polar surface area (TPSA) is 70.7 Å². The zero-order valence-corrected chi connectivity index (χ0v) is 10.3. The molecule has 1 saturated carbocycles. The minimum atomic E-state index is -0.449. The van der Waals surface area contributed by atoms with E-state index in [1.54, 1.807) is 18.2 Å². The van der Waals surface area contributed by atoms with Gasteiger partial charge in [-0.15, -0.1) is 0 Å². The second-order valence-corrected chi connectivity index (χ2v) is 4.61. The van der Waals surface area contributed by atoms with Crippen LogP contribution >= 0.6 is 11.6 Å². The molecular formula is C12H18ClN2O+. The van der Waals surface area contributed by atoms with Crippen LogP contribution in [0.5, 0.6) is 0 Å². The van der Waals surface area contributed by atoms with E-state index < -0.39 is 5.91 Å². The first kappa shape index (κ1) is 13.0. The van der Waals surface area contributed by atoms with Gasteiger partial charge in [0.25, 0.3) is 0 Å². The van der Waals surface area contributed by atoms with Crippen LogP contribution in [0.15, 0.2) is 18.2 Å². The Morgan fingerprint density at radius 2 is 2.00 bits per heavy atom. The summed E-state index contributed by atoms with van der Waals surface area (Å²) >= 11 is 5.69. The quantitative estimate of drug-likeness (QED) is 0.769. The number of halogens is 1. The van der Waals surface area contributed by atoms with Gasteiger partial charge in [-0.2, -0.15) is 0 Å². The van der Waals surface area contributed by atoms with Crippen molar-refractivity contribution < 1.29 is 10.5 Å². The molecule has 5 N–H and O–H groups in total. The minimum absolute atomic E-state index is 0.449. The van der Waals surface area contributed by atoms with Crippen LogP contribution in [0.1, 0.15) is 35.2 Å². The van der Waals surface area contributed by atoms with Crippen molar-refractivity contribution >= 4 is 17.5 Å². The van der Waals surface area contributed by atoms with E-state index in [2.05, 4.69) is 5.73 Å². The summed E-state index contributed by atoms with van der Waals surface area (Å²) in [5, 5.41) is 0.541. The summed E-state index contributed by atoms with van der Waals surface area (Å²) in [5.74, 6) is -0.449. The van der Waals surface area contributed by atoms with Crippen LogP contribution in [-0.2, 0) is 0 Å². The molecule has 0 radical (unpaired) electrons. The number of benzene rings is 1. The maximum absolute atomic E-state index is 10.7. The number of primary amides is 1. The lowest BCUT2D eigenvalue weighted by atomic mass is 9.95. The number of carbonyl (C=O) groups excluding carboxylic acids is 1. The number of quaternary nitrogens is 1. The smallest absolute Gasteiger partial charge is 0.248 e. The average Bonchev–Trinajstić information content (AvgIpc) is 2.14. The Morgan fingerprint density at radius 3 is 2.31 bits per heavy atom. The van der Waals surface area contributed by atoms with Crippen molar-refractivity contribution in [2.75, 3.05) is 0 Å². The molecule has 0 heterocycles. The third kappa shape index (κ3) is 4.21. The lowest BCUT2D eigenvalue weighted by molar-refractivity contribution is -0.437. The third-order valence-corrected chi connectivity index (χ3v) is 2.77. The summed E-state index contributed by atoms with van der Waals surface area (Å²) in [6, 6.07) is 5.84. The first-order valence-corrected chi connectivity index (χ1v) is 5.77. The highest BCUT2D eigenvalue weighted by atomic mass is 35.5. The van der Waals surface area contributed by atoms with E-state index in [-0.39, 0.29) is 0 Å². The molecule has 1 aromatic rings. The first-order valence-electron chi connectivity index (χ1n) is 5.39. The van der Waals surface area contributed by atoms with E-state index in [9.17, 15) is 4.79 Å². The number of amides is 1. The van der Waals surface area contributed by atoms with Crippen LogP contribution in [0.4, 0.5) is 0 Å². The fourth-order valence-corrected chi connectivity index (χ4v) is 1.66. The molecular weight excluding hydrogens is 224 g/mol. The predicted molar refractivity (Wildman–Crippen MR) is 65.2 cm³/mol. The molecule has 0 bridgehead atoms. The zero-order chi connectivity index (χ0) is 12.1. The van der Waals surface area contributed by atoms with Crippen molar-refractivity contribution in [1.29, 1.82) is 0 Å². The molecule has 0 unspecified atom stereocenters. The summed E-state index contributed by atoms with van der Waals surface area (Å²) in [6.45, 7) is 1.86. The normalized spacial score (nSPS) is 14.7. The van der Waals surface area contributed by atoms with Gasteiger partial charge in [-0.3, -0.25) is 4.79 Å². The van der Waals surface area contributed by atoms with E-state index in [1.807, 2.05) is 6.92 Å². The monoisotopic (exact) mass is 241 g/mol. The molecule has 0 saturated heterocycles. The van der Waals surface area contributed by atoms with Gasteiger partial charge >= 0.3 is 0 Å². The molecule has 3 nitrogen and oxygen atoms in total. The maximum atomic E-state index is 10.7. The average molecular weight is 242 g/mol. The number of carbonyl (C=O) groups is 1. The summed E-state index contributed by atoms with van der Waals surface area (Å²) < 4.78 is 0. The number of hydrogen-bond acceptors (Lipinski definition) is 1. The van der Waals surface area contributed by atoms with Gasteiger partial charge in [0.1, 0.15) is 0 Å². The molecule has 16 heavy (non-hydrogen) atoms. The lowest BCUT2D eigenvalue weighted by Gasteiger charge is -2.15. The molecule has 2 rings (SSSR count). The Bertz CT molecular complexity index is 355. The third-order valence-electron chi connectivity index (χ3n) is 2.55. The van der Waals surface area contributed by atoms with Gasteiger partial charge in [-0.05, 0) is 49.9 Å². The first-order chi connectivity index (χ1) is 7.49. The highest BCUT2D eigenvalue weighted by Gasteiger charge is 2.14. The van der Waals surface area contributed by atoms with Crippen molar-refractivity contribution in [2.24, 2.45) is 5.73 Å². The van der Waals surface area contributed by atoms with Crippen LogP contribution in [0.3, 0.4) is 0 Å². The van der Waals surface area contributed by atoms with Crippen LogP contribution in [-0.4, -0.2) is 11.9 Å². The lowest BCUT2D eigenvalue weighted by Crippen LogP contribution is -2.63. The molecule has 1 aliphatic carbocycles. The van der Waals surface area contributed by atoms with Crippen LogP contribution in [0, 0.1) is 6.92 Å². The predicted octanol–water partition coefficient (Wildman–Crippen LogP) is 1.53. The Labute approximate surface area is 101 Å². The highest BCUT2D eigenvalue weighted by molar-refractivity contribution is 6.31. The van der Waals surface area contributed by atoms with Gasteiger partial charge < -0.3 is 11.5 Å². The Morgan fingerprint density at radius 1 is 1.44 bits per heavy atom. The van der Waals surface area contributed by atoms with Crippen LogP contribution < -0.4 is 11.5 Å². The molecule has 1 amide bonds. The Hall–Kier alpha value is -1.06. The van der Waals surface area contributed by atoms with E-state index in [0.29, 0.717) is 10.6 Å². The maximum Gasteiger partial charge on any atom is 0.248 e. The van der Waals surface area contributed by atoms with Gasteiger partial charge in [0.05, 0.1) is 6.04 Å². The standard InChI is InChI=1S/C8H8ClNO.C4H9N/c1-5-2-6(8(10)11)4-7(9)3-5;5-4-2-1-3-4/h2-4H,1H3,(H2,10,11);4H,1-3,5H2/p+1. The summed E-state index contributed by atoms with van der Waals surface area (Å²) in [4.78, 5) is 10.7. The van der Waals surface area contributed by atoms with Gasteiger partial charge in [0.15, 0.2) is 0 Å². The molecule has 1 aromatic carbocycles. The highest BCUT2D eigenvalue weighted by Crippen LogP contribution is 2.13. The van der Waals surface area contributed by atoms with Gasteiger partial charge in [0, 0.05) is 10.6 Å². The van der Waals surface area contributed by atoms with Crippen LogP contribution in [0.25, 0.3) is 0 Å². The summed E-state index contributed by atoms with van der Waals surface area (Å²) in [6.07, 6.45) is 4.17. The molecule has 0 atom stereocenters. The molecule has 88 valence electrons. The molecule has 0 aromatic heterocycles. The fraction of sp³-hybridized carbons (Fsp3) is 0.417. The Kier molecular flexibility index (Phi) is 4.77. The molecule has 1 aliphatic rings. The van der Waals surface area contributed by atoms with E-state index in [0.717, 1.165) is 11.6 Å². The minimum Gasteiger partial charge on any atom is -0.366 e.